The molecule has 1 aliphatic rings. The predicted octanol–water partition coefficient (Wildman–Crippen LogP) is 4.70. The first-order valence-corrected chi connectivity index (χ1v) is 10.5. The lowest BCUT2D eigenvalue weighted by atomic mass is 9.94. The van der Waals surface area contributed by atoms with Gasteiger partial charge < -0.3 is 24.1 Å². The topological polar surface area (TPSA) is 95.8 Å². The van der Waals surface area contributed by atoms with E-state index in [0.717, 1.165) is 16.5 Å². The summed E-state index contributed by atoms with van der Waals surface area (Å²) >= 11 is 0. The minimum Gasteiger partial charge on any atom is -0.507 e. The van der Waals surface area contributed by atoms with Crippen molar-refractivity contribution in [3.05, 3.63) is 95.1 Å². The maximum Gasteiger partial charge on any atom is 0.296 e. The first-order chi connectivity index (χ1) is 16.0. The number of rotatable bonds is 5. The Balaban J connectivity index is 1.75. The summed E-state index contributed by atoms with van der Waals surface area (Å²) in [5, 5.41) is 12.3. The Kier molecular flexibility index (Phi) is 5.01. The lowest BCUT2D eigenvalue weighted by Crippen LogP contribution is -2.29. The number of aliphatic hydroxyl groups is 1. The van der Waals surface area contributed by atoms with Gasteiger partial charge in [-0.3, -0.25) is 9.59 Å². The van der Waals surface area contributed by atoms with Crippen LogP contribution in [0.25, 0.3) is 16.7 Å². The van der Waals surface area contributed by atoms with Crippen molar-refractivity contribution in [1.82, 2.24) is 9.88 Å². The van der Waals surface area contributed by atoms with Crippen molar-refractivity contribution in [2.45, 2.75) is 19.5 Å². The van der Waals surface area contributed by atoms with E-state index in [9.17, 15) is 14.7 Å². The van der Waals surface area contributed by atoms with E-state index in [4.69, 9.17) is 9.15 Å². The van der Waals surface area contributed by atoms with Gasteiger partial charge in [0.25, 0.3) is 11.7 Å². The molecule has 5 rings (SSSR count). The number of benzene rings is 2. The lowest BCUT2D eigenvalue weighted by Gasteiger charge is -2.24. The first-order valence-electron chi connectivity index (χ1n) is 10.5. The van der Waals surface area contributed by atoms with Crippen LogP contribution in [0.4, 0.5) is 0 Å². The van der Waals surface area contributed by atoms with E-state index < -0.39 is 17.7 Å². The van der Waals surface area contributed by atoms with Crippen LogP contribution in [0.5, 0.6) is 5.75 Å². The Morgan fingerprint density at radius 3 is 2.73 bits per heavy atom. The molecule has 7 heteroatoms. The highest BCUT2D eigenvalue weighted by Crippen LogP contribution is 2.43. The molecule has 1 atom stereocenters. The monoisotopic (exact) mass is 442 g/mol. The Labute approximate surface area is 189 Å². The fraction of sp³-hybridized carbons (Fsp3) is 0.154. The molecular formula is C26H22N2O5. The summed E-state index contributed by atoms with van der Waals surface area (Å²) in [5.41, 5.74) is 2.83. The minimum absolute atomic E-state index is 0.0141. The van der Waals surface area contributed by atoms with Gasteiger partial charge in [0.15, 0.2) is 0 Å². The number of hydrogen-bond acceptors (Lipinski definition) is 5. The number of ether oxygens (including phenoxy) is 1. The fourth-order valence-corrected chi connectivity index (χ4v) is 4.41. The number of carbonyl (C=O) groups is 2. The van der Waals surface area contributed by atoms with Gasteiger partial charge >= 0.3 is 0 Å². The summed E-state index contributed by atoms with van der Waals surface area (Å²) < 4.78 is 10.9. The third-order valence-electron chi connectivity index (χ3n) is 5.97. The molecule has 1 unspecified atom stereocenters. The molecule has 3 heterocycles. The number of methoxy groups -OCH3 is 1. The minimum atomic E-state index is -0.809. The normalized spacial score (nSPS) is 17.8. The van der Waals surface area contributed by atoms with Gasteiger partial charge in [0.05, 0.1) is 37.1 Å². The number of furan rings is 1. The van der Waals surface area contributed by atoms with Crippen molar-refractivity contribution in [2.24, 2.45) is 0 Å². The smallest absolute Gasteiger partial charge is 0.296 e. The van der Waals surface area contributed by atoms with Crippen LogP contribution in [0.1, 0.15) is 28.5 Å². The Bertz CT molecular complexity index is 1400. The van der Waals surface area contributed by atoms with Crippen LogP contribution in [-0.2, 0) is 16.1 Å². The van der Waals surface area contributed by atoms with Crippen molar-refractivity contribution in [1.29, 1.82) is 0 Å². The van der Waals surface area contributed by atoms with Crippen molar-refractivity contribution in [3.63, 3.8) is 0 Å². The van der Waals surface area contributed by atoms with Crippen molar-refractivity contribution < 1.29 is 23.8 Å². The molecule has 33 heavy (non-hydrogen) atoms. The van der Waals surface area contributed by atoms with E-state index in [0.29, 0.717) is 22.6 Å². The number of Topliss-reactive ketones (excluding diaryl/α,β-unsaturated/α-hetero) is 1. The first kappa shape index (κ1) is 20.6. The quantitative estimate of drug-likeness (QED) is 0.265. The van der Waals surface area contributed by atoms with Crippen LogP contribution in [0.2, 0.25) is 0 Å². The number of carbonyl (C=O) groups excluding carboxylic acids is 2. The maximum absolute atomic E-state index is 13.3. The number of aromatic amines is 1. The van der Waals surface area contributed by atoms with E-state index in [2.05, 4.69) is 4.98 Å². The summed E-state index contributed by atoms with van der Waals surface area (Å²) in [6.45, 7) is 1.96. The van der Waals surface area contributed by atoms with Gasteiger partial charge in [0.2, 0.25) is 0 Å². The number of ketones is 1. The SMILES string of the molecule is COc1ccc(C)cc1/C(O)=C1\C(=O)C(=O)N(Cc2ccco2)C1c1c[nH]c2ccccc12. The second-order valence-corrected chi connectivity index (χ2v) is 8.00. The number of fused-ring (bicyclic) bond motifs is 1. The number of nitrogens with zero attached hydrogens (tertiary/aromatic N) is 1. The molecule has 0 spiro atoms. The van der Waals surface area contributed by atoms with Gasteiger partial charge in [0.1, 0.15) is 17.3 Å². The number of amides is 1. The number of para-hydroxylation sites is 1. The largest absolute Gasteiger partial charge is 0.507 e. The average molecular weight is 442 g/mol. The van der Waals surface area contributed by atoms with Gasteiger partial charge in [-0.05, 0) is 37.3 Å². The summed E-state index contributed by atoms with van der Waals surface area (Å²) in [7, 11) is 1.49. The second-order valence-electron chi connectivity index (χ2n) is 8.00. The zero-order valence-corrected chi connectivity index (χ0v) is 18.2. The molecule has 0 bridgehead atoms. The summed E-state index contributed by atoms with van der Waals surface area (Å²) in [4.78, 5) is 31.1. The summed E-state index contributed by atoms with van der Waals surface area (Å²) in [6, 6.07) is 15.6. The van der Waals surface area contributed by atoms with Crippen molar-refractivity contribution in [2.75, 3.05) is 7.11 Å². The molecule has 1 amide bonds. The zero-order chi connectivity index (χ0) is 23.1. The molecule has 1 saturated heterocycles. The van der Waals surface area contributed by atoms with Gasteiger partial charge in [-0.1, -0.05) is 29.8 Å². The third kappa shape index (κ3) is 3.38. The van der Waals surface area contributed by atoms with Crippen molar-refractivity contribution >= 4 is 28.4 Å². The Morgan fingerprint density at radius 1 is 1.15 bits per heavy atom. The molecule has 0 saturated carbocycles. The molecule has 1 fully saturated rings. The molecule has 0 radical (unpaired) electrons. The van der Waals surface area contributed by atoms with Gasteiger partial charge in [-0.2, -0.15) is 0 Å². The average Bonchev–Trinajstić information content (AvgIpc) is 3.54. The highest BCUT2D eigenvalue weighted by atomic mass is 16.5. The number of aryl methyl sites for hydroxylation is 1. The number of aliphatic hydroxyl groups excluding tert-OH is 1. The van der Waals surface area contributed by atoms with E-state index in [1.807, 2.05) is 37.3 Å². The number of likely N-dealkylation sites (tertiary alicyclic amines) is 1. The van der Waals surface area contributed by atoms with E-state index in [1.54, 1.807) is 30.5 Å². The fourth-order valence-electron chi connectivity index (χ4n) is 4.41. The van der Waals surface area contributed by atoms with Crippen LogP contribution < -0.4 is 4.74 Å². The van der Waals surface area contributed by atoms with Crippen LogP contribution in [0, 0.1) is 6.92 Å². The van der Waals surface area contributed by atoms with Crippen LogP contribution in [0.15, 0.2) is 77.0 Å². The maximum atomic E-state index is 13.3. The highest BCUT2D eigenvalue weighted by molar-refractivity contribution is 6.46. The second kappa shape index (κ2) is 8.02. The van der Waals surface area contributed by atoms with E-state index in [-0.39, 0.29) is 17.9 Å². The predicted molar refractivity (Wildman–Crippen MR) is 123 cm³/mol. The van der Waals surface area contributed by atoms with E-state index >= 15 is 0 Å². The molecule has 2 N–H and O–H groups in total. The van der Waals surface area contributed by atoms with Gasteiger partial charge in [-0.15, -0.1) is 0 Å². The van der Waals surface area contributed by atoms with Crippen LogP contribution in [0.3, 0.4) is 0 Å². The summed E-state index contributed by atoms with van der Waals surface area (Å²) in [6.07, 6.45) is 3.29. The molecule has 7 nitrogen and oxygen atoms in total. The molecule has 2 aromatic carbocycles. The highest BCUT2D eigenvalue weighted by Gasteiger charge is 2.47. The summed E-state index contributed by atoms with van der Waals surface area (Å²) in [5.74, 6) is -0.776. The van der Waals surface area contributed by atoms with Crippen LogP contribution >= 0.6 is 0 Å². The Morgan fingerprint density at radius 2 is 1.97 bits per heavy atom. The molecule has 4 aromatic rings. The number of hydrogen-bond donors (Lipinski definition) is 2. The molecular weight excluding hydrogens is 420 g/mol. The Hall–Kier alpha value is -4.26. The lowest BCUT2D eigenvalue weighted by molar-refractivity contribution is -0.140. The number of aromatic nitrogens is 1. The van der Waals surface area contributed by atoms with E-state index in [1.165, 1.54) is 18.3 Å². The standard InChI is InChI=1S/C26H22N2O5/c1-15-9-10-21(32-2)18(12-15)24(29)22-23(19-13-27-20-8-4-3-7-17(19)20)28(26(31)25(22)30)14-16-6-5-11-33-16/h3-13,23,27,29H,14H2,1-2H3/b24-22+. The van der Waals surface area contributed by atoms with Crippen molar-refractivity contribution in [3.8, 4) is 5.75 Å². The molecule has 166 valence electrons. The van der Waals surface area contributed by atoms with Gasteiger partial charge in [0, 0.05) is 22.7 Å². The molecule has 0 aliphatic carbocycles. The third-order valence-corrected chi connectivity index (χ3v) is 5.97. The molecule has 2 aromatic heterocycles. The molecule has 1 aliphatic heterocycles. The number of H-pyrrole nitrogens is 1. The van der Waals surface area contributed by atoms with Crippen LogP contribution in [-0.4, -0.2) is 33.8 Å². The number of nitrogens with one attached hydrogen (secondary N) is 1. The van der Waals surface area contributed by atoms with Gasteiger partial charge in [-0.25, -0.2) is 0 Å². The zero-order valence-electron chi connectivity index (χ0n) is 18.2.